The average molecular weight is 287 g/mol. The minimum atomic E-state index is -0.103. The molecule has 5 nitrogen and oxygen atoms in total. The van der Waals surface area contributed by atoms with Gasteiger partial charge in [0, 0.05) is 18.7 Å². The van der Waals surface area contributed by atoms with E-state index in [1.165, 1.54) is 6.07 Å². The molecular weight excluding hydrogens is 270 g/mol. The molecule has 21 heavy (non-hydrogen) atoms. The van der Waals surface area contributed by atoms with Crippen LogP contribution in [-0.2, 0) is 13.1 Å². The molecule has 0 unspecified atom stereocenters. The number of hydrogen-bond donors (Lipinski definition) is 3. The van der Waals surface area contributed by atoms with E-state index in [0.717, 1.165) is 17.1 Å². The molecule has 3 N–H and O–H groups in total. The van der Waals surface area contributed by atoms with Crippen LogP contribution in [0.1, 0.15) is 11.1 Å². The van der Waals surface area contributed by atoms with Crippen molar-refractivity contribution in [1.29, 1.82) is 0 Å². The summed E-state index contributed by atoms with van der Waals surface area (Å²) in [6.45, 7) is 2.25. The van der Waals surface area contributed by atoms with Gasteiger partial charge >= 0.3 is 0 Å². The number of benzene rings is 2. The summed E-state index contributed by atoms with van der Waals surface area (Å²) in [5.74, 6) is 1.36. The van der Waals surface area contributed by atoms with E-state index in [1.807, 2.05) is 18.2 Å². The van der Waals surface area contributed by atoms with Gasteiger partial charge in [-0.15, -0.1) is 0 Å². The van der Waals surface area contributed by atoms with E-state index in [9.17, 15) is 10.2 Å². The molecule has 1 heterocycles. The van der Waals surface area contributed by atoms with E-state index in [2.05, 4.69) is 5.32 Å². The molecule has 2 aromatic rings. The zero-order chi connectivity index (χ0) is 14.7. The highest BCUT2D eigenvalue weighted by Gasteiger charge is 2.11. The second-order valence-electron chi connectivity index (χ2n) is 4.87. The van der Waals surface area contributed by atoms with Crippen molar-refractivity contribution in [2.45, 2.75) is 13.1 Å². The predicted molar refractivity (Wildman–Crippen MR) is 77.7 cm³/mol. The Morgan fingerprint density at radius 2 is 1.76 bits per heavy atom. The predicted octanol–water partition coefficient (Wildman–Crippen LogP) is 2.16. The Labute approximate surface area is 122 Å². The summed E-state index contributed by atoms with van der Waals surface area (Å²) in [6.07, 6.45) is 0. The second-order valence-corrected chi connectivity index (χ2v) is 4.87. The van der Waals surface area contributed by atoms with Gasteiger partial charge in [0.05, 0.1) is 0 Å². The van der Waals surface area contributed by atoms with Gasteiger partial charge in [-0.25, -0.2) is 0 Å². The number of para-hydroxylation sites is 1. The summed E-state index contributed by atoms with van der Waals surface area (Å²) in [5.41, 5.74) is 1.73. The smallest absolute Gasteiger partial charge is 0.161 e. The molecule has 3 rings (SSSR count). The third kappa shape index (κ3) is 3.03. The van der Waals surface area contributed by atoms with Gasteiger partial charge in [0.25, 0.3) is 0 Å². The fourth-order valence-corrected chi connectivity index (χ4v) is 2.26. The maximum atomic E-state index is 9.73. The molecule has 0 amide bonds. The monoisotopic (exact) mass is 287 g/mol. The lowest BCUT2D eigenvalue weighted by Crippen LogP contribution is -2.16. The lowest BCUT2D eigenvalue weighted by molar-refractivity contribution is 0.171. The first-order chi connectivity index (χ1) is 10.2. The van der Waals surface area contributed by atoms with Crippen LogP contribution < -0.4 is 14.8 Å². The van der Waals surface area contributed by atoms with Crippen molar-refractivity contribution in [2.75, 3.05) is 13.2 Å². The van der Waals surface area contributed by atoms with Gasteiger partial charge in [0.15, 0.2) is 23.0 Å². The highest BCUT2D eigenvalue weighted by Crippen LogP contribution is 2.31. The number of rotatable bonds is 4. The third-order valence-electron chi connectivity index (χ3n) is 3.35. The quantitative estimate of drug-likeness (QED) is 0.752. The molecule has 0 saturated heterocycles. The van der Waals surface area contributed by atoms with Gasteiger partial charge in [0.2, 0.25) is 0 Å². The van der Waals surface area contributed by atoms with Gasteiger partial charge < -0.3 is 25.0 Å². The normalized spacial score (nSPS) is 13.1. The lowest BCUT2D eigenvalue weighted by Gasteiger charge is -2.19. The maximum Gasteiger partial charge on any atom is 0.161 e. The van der Waals surface area contributed by atoms with Crippen LogP contribution in [0, 0.1) is 0 Å². The van der Waals surface area contributed by atoms with Crippen LogP contribution in [-0.4, -0.2) is 23.4 Å². The summed E-state index contributed by atoms with van der Waals surface area (Å²) in [5, 5.41) is 22.4. The van der Waals surface area contributed by atoms with E-state index >= 15 is 0 Å². The van der Waals surface area contributed by atoms with Crippen LogP contribution in [0.2, 0.25) is 0 Å². The molecule has 0 radical (unpaired) electrons. The van der Waals surface area contributed by atoms with E-state index < -0.39 is 0 Å². The molecule has 0 atom stereocenters. The standard InChI is InChI=1S/C16H17NO4/c18-13-3-1-2-12(16(13)19)10-17-9-11-4-5-14-15(8-11)21-7-6-20-14/h1-5,8,17-19H,6-7,9-10H2. The number of phenols is 2. The van der Waals surface area contributed by atoms with Gasteiger partial charge in [-0.05, 0) is 23.8 Å². The molecule has 110 valence electrons. The Balaban J connectivity index is 1.61. The van der Waals surface area contributed by atoms with E-state index in [1.54, 1.807) is 12.1 Å². The first-order valence-corrected chi connectivity index (χ1v) is 6.83. The molecule has 1 aliphatic rings. The van der Waals surface area contributed by atoms with Crippen molar-refractivity contribution >= 4 is 0 Å². The number of hydrogen-bond acceptors (Lipinski definition) is 5. The van der Waals surface area contributed by atoms with Crippen LogP contribution in [0.4, 0.5) is 0 Å². The number of ether oxygens (including phenoxy) is 2. The lowest BCUT2D eigenvalue weighted by atomic mass is 10.1. The first-order valence-electron chi connectivity index (χ1n) is 6.83. The fraction of sp³-hybridized carbons (Fsp3) is 0.250. The van der Waals surface area contributed by atoms with Crippen molar-refractivity contribution in [3.63, 3.8) is 0 Å². The van der Waals surface area contributed by atoms with Gasteiger partial charge in [-0.3, -0.25) is 0 Å². The van der Waals surface area contributed by atoms with Crippen molar-refractivity contribution < 1.29 is 19.7 Å². The van der Waals surface area contributed by atoms with E-state index in [4.69, 9.17) is 9.47 Å². The highest BCUT2D eigenvalue weighted by atomic mass is 16.6. The molecule has 0 saturated carbocycles. The Morgan fingerprint density at radius 1 is 0.952 bits per heavy atom. The van der Waals surface area contributed by atoms with Crippen LogP contribution in [0.3, 0.4) is 0 Å². The van der Waals surface area contributed by atoms with E-state index in [0.29, 0.717) is 31.9 Å². The van der Waals surface area contributed by atoms with Crippen molar-refractivity contribution in [3.8, 4) is 23.0 Å². The zero-order valence-electron chi connectivity index (χ0n) is 11.5. The zero-order valence-corrected chi connectivity index (χ0v) is 11.5. The molecular formula is C16H17NO4. The minimum Gasteiger partial charge on any atom is -0.504 e. The van der Waals surface area contributed by atoms with Crippen molar-refractivity contribution in [1.82, 2.24) is 5.32 Å². The largest absolute Gasteiger partial charge is 0.504 e. The number of aromatic hydroxyl groups is 2. The van der Waals surface area contributed by atoms with Gasteiger partial charge in [0.1, 0.15) is 13.2 Å². The number of nitrogens with one attached hydrogen (secondary N) is 1. The third-order valence-corrected chi connectivity index (χ3v) is 3.35. The molecule has 0 aliphatic carbocycles. The second kappa shape index (κ2) is 5.93. The molecule has 0 fully saturated rings. The maximum absolute atomic E-state index is 9.73. The Bertz CT molecular complexity index is 642. The average Bonchev–Trinajstić information content (AvgIpc) is 2.51. The molecule has 2 aromatic carbocycles. The fourth-order valence-electron chi connectivity index (χ4n) is 2.26. The van der Waals surface area contributed by atoms with E-state index in [-0.39, 0.29) is 11.5 Å². The minimum absolute atomic E-state index is 0.0767. The molecule has 0 spiro atoms. The molecule has 0 bridgehead atoms. The summed E-state index contributed by atoms with van der Waals surface area (Å²) in [4.78, 5) is 0. The topological polar surface area (TPSA) is 71.0 Å². The molecule has 0 aromatic heterocycles. The molecule has 1 aliphatic heterocycles. The van der Waals surface area contributed by atoms with Crippen LogP contribution in [0.5, 0.6) is 23.0 Å². The summed E-state index contributed by atoms with van der Waals surface area (Å²) in [6, 6.07) is 10.8. The first kappa shape index (κ1) is 13.6. The summed E-state index contributed by atoms with van der Waals surface area (Å²) >= 11 is 0. The Morgan fingerprint density at radius 3 is 2.62 bits per heavy atom. The van der Waals surface area contributed by atoms with Crippen LogP contribution in [0.25, 0.3) is 0 Å². The number of phenolic OH excluding ortho intramolecular Hbond substituents is 2. The molecule has 5 heteroatoms. The van der Waals surface area contributed by atoms with Crippen LogP contribution in [0.15, 0.2) is 36.4 Å². The SMILES string of the molecule is Oc1cccc(CNCc2ccc3c(c2)OCCO3)c1O. The van der Waals surface area contributed by atoms with Gasteiger partial charge in [-0.2, -0.15) is 0 Å². The van der Waals surface area contributed by atoms with Crippen molar-refractivity contribution in [3.05, 3.63) is 47.5 Å². The highest BCUT2D eigenvalue weighted by molar-refractivity contribution is 5.45. The summed E-state index contributed by atoms with van der Waals surface area (Å²) in [7, 11) is 0. The summed E-state index contributed by atoms with van der Waals surface area (Å²) < 4.78 is 11.0. The number of fused-ring (bicyclic) bond motifs is 1. The van der Waals surface area contributed by atoms with Crippen LogP contribution >= 0.6 is 0 Å². The Kier molecular flexibility index (Phi) is 3.83. The Hall–Kier alpha value is -2.40. The van der Waals surface area contributed by atoms with Crippen molar-refractivity contribution in [2.24, 2.45) is 0 Å². The van der Waals surface area contributed by atoms with Gasteiger partial charge in [-0.1, -0.05) is 18.2 Å².